The third-order valence-electron chi connectivity index (χ3n) is 13.0. The zero-order chi connectivity index (χ0) is 27.5. The molecular formula is C36H60O3. The molecule has 0 spiro atoms. The Hall–Kier alpha value is -0.830. The van der Waals surface area contributed by atoms with E-state index in [0.717, 1.165) is 55.8 Å². The second-order valence-corrected chi connectivity index (χ2v) is 15.3. The molecule has 5 rings (SSSR count). The molecule has 4 saturated carbocycles. The highest BCUT2D eigenvalue weighted by molar-refractivity contribution is 5.69. The van der Waals surface area contributed by atoms with Crippen LogP contribution in [-0.2, 0) is 9.53 Å². The van der Waals surface area contributed by atoms with E-state index in [2.05, 4.69) is 26.8 Å². The Morgan fingerprint density at radius 1 is 0.897 bits per heavy atom. The van der Waals surface area contributed by atoms with Crippen LogP contribution in [0.2, 0.25) is 0 Å². The van der Waals surface area contributed by atoms with Gasteiger partial charge in [0, 0.05) is 6.42 Å². The third kappa shape index (κ3) is 6.49. The molecule has 3 heteroatoms. The lowest BCUT2D eigenvalue weighted by molar-refractivity contribution is -0.150. The molecule has 0 radical (unpaired) electrons. The third-order valence-corrected chi connectivity index (χ3v) is 13.0. The van der Waals surface area contributed by atoms with Crippen LogP contribution in [0.5, 0.6) is 0 Å². The number of carbonyl (C=O) groups is 1. The SMILES string of the molecule is C[C@H](CCC(=O)OC1CCCCCCCCCCC1)[C@H]1CC[C@H]2[C@@H]3CC=C4C[C@@H](O)CC[C@]4(C)[C@H]3CC[C@]12C. The summed E-state index contributed by atoms with van der Waals surface area (Å²) < 4.78 is 6.12. The summed E-state index contributed by atoms with van der Waals surface area (Å²) in [7, 11) is 0. The summed E-state index contributed by atoms with van der Waals surface area (Å²) in [6.45, 7) is 7.60. The van der Waals surface area contributed by atoms with Crippen molar-refractivity contribution in [2.45, 2.75) is 168 Å². The molecule has 222 valence electrons. The van der Waals surface area contributed by atoms with Crippen molar-refractivity contribution in [2.24, 2.45) is 40.4 Å². The molecule has 4 fully saturated rings. The van der Waals surface area contributed by atoms with E-state index in [9.17, 15) is 9.90 Å². The van der Waals surface area contributed by atoms with Crippen LogP contribution in [0.4, 0.5) is 0 Å². The number of aliphatic hydroxyl groups excluding tert-OH is 1. The summed E-state index contributed by atoms with van der Waals surface area (Å²) >= 11 is 0. The summed E-state index contributed by atoms with van der Waals surface area (Å²) in [6.07, 6.45) is 28.0. The minimum absolute atomic E-state index is 0.0692. The van der Waals surface area contributed by atoms with Crippen LogP contribution in [0.15, 0.2) is 11.6 Å². The number of fused-ring (bicyclic) bond motifs is 5. The Morgan fingerprint density at radius 3 is 2.26 bits per heavy atom. The summed E-state index contributed by atoms with van der Waals surface area (Å²) in [5.41, 5.74) is 2.33. The first-order valence-electron chi connectivity index (χ1n) is 17.4. The molecule has 0 heterocycles. The Labute approximate surface area is 240 Å². The Kier molecular flexibility index (Phi) is 9.88. The van der Waals surface area contributed by atoms with Gasteiger partial charge in [0.1, 0.15) is 6.10 Å². The Balaban J connectivity index is 1.14. The number of rotatable bonds is 5. The summed E-state index contributed by atoms with van der Waals surface area (Å²) in [4.78, 5) is 13.0. The predicted molar refractivity (Wildman–Crippen MR) is 160 cm³/mol. The maximum atomic E-state index is 13.0. The van der Waals surface area contributed by atoms with Crippen molar-refractivity contribution in [3.8, 4) is 0 Å². The molecule has 0 aliphatic heterocycles. The van der Waals surface area contributed by atoms with Crippen LogP contribution in [0.3, 0.4) is 0 Å². The molecule has 3 nitrogen and oxygen atoms in total. The van der Waals surface area contributed by atoms with Crippen LogP contribution >= 0.6 is 0 Å². The molecule has 0 aromatic heterocycles. The lowest BCUT2D eigenvalue weighted by atomic mass is 9.47. The zero-order valence-electron chi connectivity index (χ0n) is 25.7. The van der Waals surface area contributed by atoms with Gasteiger partial charge in [-0.3, -0.25) is 4.79 Å². The molecule has 0 unspecified atom stereocenters. The van der Waals surface area contributed by atoms with Gasteiger partial charge >= 0.3 is 5.97 Å². The predicted octanol–water partition coefficient (Wildman–Crippen LogP) is 9.56. The van der Waals surface area contributed by atoms with Crippen LogP contribution < -0.4 is 0 Å². The van der Waals surface area contributed by atoms with Gasteiger partial charge in [-0.1, -0.05) is 77.4 Å². The second kappa shape index (κ2) is 13.0. The van der Waals surface area contributed by atoms with Crippen molar-refractivity contribution in [1.82, 2.24) is 0 Å². The molecule has 5 aliphatic carbocycles. The van der Waals surface area contributed by atoms with E-state index in [1.807, 2.05) is 0 Å². The highest BCUT2D eigenvalue weighted by Crippen LogP contribution is 2.67. The highest BCUT2D eigenvalue weighted by Gasteiger charge is 2.59. The van der Waals surface area contributed by atoms with Crippen LogP contribution in [0.1, 0.15) is 156 Å². The van der Waals surface area contributed by atoms with Gasteiger partial charge in [-0.15, -0.1) is 0 Å². The second-order valence-electron chi connectivity index (χ2n) is 15.3. The fraction of sp³-hybridized carbons (Fsp3) is 0.917. The monoisotopic (exact) mass is 540 g/mol. The largest absolute Gasteiger partial charge is 0.462 e. The van der Waals surface area contributed by atoms with Crippen LogP contribution in [-0.4, -0.2) is 23.3 Å². The molecule has 5 aliphatic rings. The maximum Gasteiger partial charge on any atom is 0.306 e. The smallest absolute Gasteiger partial charge is 0.306 e. The van der Waals surface area contributed by atoms with E-state index in [1.165, 1.54) is 96.3 Å². The number of hydrogen-bond acceptors (Lipinski definition) is 3. The summed E-state index contributed by atoms with van der Waals surface area (Å²) in [5, 5.41) is 10.3. The number of allylic oxidation sites excluding steroid dienone is 1. The van der Waals surface area contributed by atoms with E-state index >= 15 is 0 Å². The van der Waals surface area contributed by atoms with Crippen molar-refractivity contribution in [3.63, 3.8) is 0 Å². The normalized spacial score (nSPS) is 41.1. The number of esters is 1. The topological polar surface area (TPSA) is 46.5 Å². The molecule has 0 saturated heterocycles. The molecule has 0 aromatic rings. The number of ether oxygens (including phenoxy) is 1. The molecule has 0 bridgehead atoms. The van der Waals surface area contributed by atoms with Crippen LogP contribution in [0, 0.1) is 40.4 Å². The van der Waals surface area contributed by atoms with E-state index in [-0.39, 0.29) is 18.2 Å². The van der Waals surface area contributed by atoms with Crippen molar-refractivity contribution >= 4 is 5.97 Å². The van der Waals surface area contributed by atoms with E-state index in [4.69, 9.17) is 4.74 Å². The molecule has 0 aromatic carbocycles. The molecule has 1 N–H and O–H groups in total. The molecule has 0 amide bonds. The van der Waals surface area contributed by atoms with Gasteiger partial charge in [0.2, 0.25) is 0 Å². The molecule has 39 heavy (non-hydrogen) atoms. The first kappa shape index (κ1) is 29.7. The highest BCUT2D eigenvalue weighted by atomic mass is 16.5. The first-order chi connectivity index (χ1) is 18.8. The van der Waals surface area contributed by atoms with Gasteiger partial charge in [-0.25, -0.2) is 0 Å². The minimum Gasteiger partial charge on any atom is -0.462 e. The number of hydrogen-bond donors (Lipinski definition) is 1. The number of aliphatic hydroxyl groups is 1. The van der Waals surface area contributed by atoms with Gasteiger partial charge in [-0.05, 0) is 124 Å². The van der Waals surface area contributed by atoms with Gasteiger partial charge in [-0.2, -0.15) is 0 Å². The van der Waals surface area contributed by atoms with Gasteiger partial charge in [0.25, 0.3) is 0 Å². The Bertz CT molecular complexity index is 836. The maximum absolute atomic E-state index is 13.0. The quantitative estimate of drug-likeness (QED) is 0.279. The minimum atomic E-state index is -0.117. The van der Waals surface area contributed by atoms with Crippen molar-refractivity contribution in [2.75, 3.05) is 0 Å². The average molecular weight is 541 g/mol. The van der Waals surface area contributed by atoms with Gasteiger partial charge in [0.05, 0.1) is 6.10 Å². The standard InChI is InChI=1S/C36H60O3/c1-26(15-20-34(38)39-29-13-11-9-7-5-4-6-8-10-12-14-29)31-18-19-32-30-17-16-27-25-28(37)21-23-35(27,2)33(30)22-24-36(31,32)3/h16,26,28-33,37H,4-15,17-25H2,1-3H3/t26-,28+,30+,31-,32+,33+,35+,36-/m1/s1. The number of carbonyl (C=O) groups excluding carboxylic acids is 1. The summed E-state index contributed by atoms with van der Waals surface area (Å²) in [5.74, 6) is 3.85. The molecular weight excluding hydrogens is 480 g/mol. The van der Waals surface area contributed by atoms with E-state index < -0.39 is 0 Å². The fourth-order valence-corrected chi connectivity index (χ4v) is 10.7. The molecule has 8 atom stereocenters. The zero-order valence-corrected chi connectivity index (χ0v) is 25.7. The summed E-state index contributed by atoms with van der Waals surface area (Å²) in [6, 6.07) is 0. The van der Waals surface area contributed by atoms with E-state index in [0.29, 0.717) is 23.2 Å². The first-order valence-corrected chi connectivity index (χ1v) is 17.4. The average Bonchev–Trinajstić information content (AvgIpc) is 3.26. The lowest BCUT2D eigenvalue weighted by Gasteiger charge is -2.58. The van der Waals surface area contributed by atoms with Gasteiger partial charge < -0.3 is 9.84 Å². The lowest BCUT2D eigenvalue weighted by Crippen LogP contribution is -2.50. The van der Waals surface area contributed by atoms with Crippen molar-refractivity contribution < 1.29 is 14.6 Å². The van der Waals surface area contributed by atoms with Crippen LogP contribution in [0.25, 0.3) is 0 Å². The van der Waals surface area contributed by atoms with Crippen molar-refractivity contribution in [3.05, 3.63) is 11.6 Å². The Morgan fingerprint density at radius 2 is 1.56 bits per heavy atom. The van der Waals surface area contributed by atoms with Crippen molar-refractivity contribution in [1.29, 1.82) is 0 Å². The fourth-order valence-electron chi connectivity index (χ4n) is 10.7. The van der Waals surface area contributed by atoms with E-state index in [1.54, 1.807) is 5.57 Å². The van der Waals surface area contributed by atoms with Gasteiger partial charge in [0.15, 0.2) is 0 Å².